The minimum absolute atomic E-state index is 0.0335. The summed E-state index contributed by atoms with van der Waals surface area (Å²) >= 11 is 5.84. The van der Waals surface area contributed by atoms with Crippen molar-refractivity contribution in [3.63, 3.8) is 0 Å². The number of benzene rings is 2. The Balaban J connectivity index is 2.54. The Morgan fingerprint density at radius 3 is 2.29 bits per heavy atom. The highest BCUT2D eigenvalue weighted by molar-refractivity contribution is 7.89. The number of primary amides is 1. The van der Waals surface area contributed by atoms with Gasteiger partial charge in [-0.15, -0.1) is 0 Å². The zero-order chi connectivity index (χ0) is 21.1. The zero-order valence-corrected chi connectivity index (χ0v) is 17.3. The van der Waals surface area contributed by atoms with Crippen LogP contribution in [0.1, 0.15) is 19.4 Å². The van der Waals surface area contributed by atoms with E-state index >= 15 is 0 Å². The fourth-order valence-electron chi connectivity index (χ4n) is 2.87. The smallest absolute Gasteiger partial charge is 0.244 e. The van der Waals surface area contributed by atoms with Crippen molar-refractivity contribution in [3.05, 3.63) is 58.9 Å². The third-order valence-corrected chi connectivity index (χ3v) is 6.30. The molecule has 152 valence electrons. The second-order valence-corrected chi connectivity index (χ2v) is 8.89. The van der Waals surface area contributed by atoms with Crippen molar-refractivity contribution < 1.29 is 22.3 Å². The second kappa shape index (κ2) is 8.89. The standard InChI is InChI=1S/C19H22ClFN2O4S/c1-12(2)18(19(22)24)23(11-13-4-9-17(27-3)16(21)10-13)28(25,26)15-7-5-14(20)6-8-15/h4-10,12,18H,11H2,1-3H3,(H2,22,24)/t18-/m1/s1. The number of hydrogen-bond donors (Lipinski definition) is 1. The Morgan fingerprint density at radius 2 is 1.82 bits per heavy atom. The van der Waals surface area contributed by atoms with Gasteiger partial charge in [0.1, 0.15) is 6.04 Å². The first-order valence-electron chi connectivity index (χ1n) is 8.47. The highest BCUT2D eigenvalue weighted by atomic mass is 35.5. The van der Waals surface area contributed by atoms with Crippen molar-refractivity contribution in [2.75, 3.05) is 7.11 Å². The van der Waals surface area contributed by atoms with Crippen molar-refractivity contribution in [2.45, 2.75) is 31.3 Å². The molecule has 0 radical (unpaired) electrons. The number of nitrogens with zero attached hydrogens (tertiary/aromatic N) is 1. The molecule has 0 aliphatic heterocycles. The second-order valence-electron chi connectivity index (χ2n) is 6.56. The summed E-state index contributed by atoms with van der Waals surface area (Å²) in [5.74, 6) is -1.79. The van der Waals surface area contributed by atoms with Gasteiger partial charge in [-0.2, -0.15) is 4.31 Å². The molecule has 28 heavy (non-hydrogen) atoms. The van der Waals surface area contributed by atoms with Gasteiger partial charge in [0.05, 0.1) is 12.0 Å². The molecule has 0 bridgehead atoms. The predicted octanol–water partition coefficient (Wildman–Crippen LogP) is 3.19. The maximum absolute atomic E-state index is 14.1. The Labute approximate surface area is 169 Å². The van der Waals surface area contributed by atoms with Gasteiger partial charge in [-0.05, 0) is 47.9 Å². The Kier molecular flexibility index (Phi) is 7.03. The summed E-state index contributed by atoms with van der Waals surface area (Å²) in [5.41, 5.74) is 5.86. The molecule has 0 spiro atoms. The third kappa shape index (κ3) is 4.81. The van der Waals surface area contributed by atoms with Gasteiger partial charge in [0.15, 0.2) is 11.6 Å². The molecule has 0 saturated carbocycles. The molecule has 2 rings (SSSR count). The summed E-state index contributed by atoms with van der Waals surface area (Å²) in [4.78, 5) is 12.0. The summed E-state index contributed by atoms with van der Waals surface area (Å²) in [6.45, 7) is 3.14. The van der Waals surface area contributed by atoms with E-state index < -0.39 is 33.7 Å². The van der Waals surface area contributed by atoms with Gasteiger partial charge >= 0.3 is 0 Å². The van der Waals surface area contributed by atoms with Crippen LogP contribution in [0.5, 0.6) is 5.75 Å². The van der Waals surface area contributed by atoms with E-state index in [0.717, 1.165) is 4.31 Å². The molecule has 0 saturated heterocycles. The van der Waals surface area contributed by atoms with Gasteiger partial charge < -0.3 is 10.5 Å². The number of amides is 1. The van der Waals surface area contributed by atoms with E-state index in [0.29, 0.717) is 10.6 Å². The van der Waals surface area contributed by atoms with Crippen LogP contribution in [-0.4, -0.2) is 31.8 Å². The van der Waals surface area contributed by atoms with Crippen molar-refractivity contribution in [1.29, 1.82) is 0 Å². The van der Waals surface area contributed by atoms with Gasteiger partial charge in [-0.1, -0.05) is 31.5 Å². The summed E-state index contributed by atoms with van der Waals surface area (Å²) < 4.78 is 46.5. The van der Waals surface area contributed by atoms with Crippen LogP contribution < -0.4 is 10.5 Å². The summed E-state index contributed by atoms with van der Waals surface area (Å²) in [6.07, 6.45) is 0. The minimum Gasteiger partial charge on any atom is -0.494 e. The van der Waals surface area contributed by atoms with Gasteiger partial charge in [0.25, 0.3) is 0 Å². The van der Waals surface area contributed by atoms with Crippen LogP contribution >= 0.6 is 11.6 Å². The molecule has 2 aromatic rings. The molecule has 0 aliphatic rings. The van der Waals surface area contributed by atoms with E-state index in [9.17, 15) is 17.6 Å². The number of carbonyl (C=O) groups is 1. The van der Waals surface area contributed by atoms with Crippen LogP contribution in [0, 0.1) is 11.7 Å². The van der Waals surface area contributed by atoms with Crippen molar-refractivity contribution in [2.24, 2.45) is 11.7 Å². The highest BCUT2D eigenvalue weighted by Crippen LogP contribution is 2.27. The Morgan fingerprint density at radius 1 is 1.21 bits per heavy atom. The molecule has 0 unspecified atom stereocenters. The maximum Gasteiger partial charge on any atom is 0.244 e. The number of halogens is 2. The molecule has 6 nitrogen and oxygen atoms in total. The van der Waals surface area contributed by atoms with Crippen LogP contribution in [0.3, 0.4) is 0 Å². The first-order chi connectivity index (χ1) is 13.1. The summed E-state index contributed by atoms with van der Waals surface area (Å²) in [7, 11) is -2.78. The van der Waals surface area contributed by atoms with E-state index in [1.165, 1.54) is 49.6 Å². The number of hydrogen-bond acceptors (Lipinski definition) is 4. The van der Waals surface area contributed by atoms with E-state index in [1.54, 1.807) is 13.8 Å². The topological polar surface area (TPSA) is 89.7 Å². The van der Waals surface area contributed by atoms with Gasteiger partial charge in [0.2, 0.25) is 15.9 Å². The minimum atomic E-state index is -4.11. The SMILES string of the molecule is COc1ccc(CN([C@@H](C(N)=O)C(C)C)S(=O)(=O)c2ccc(Cl)cc2)cc1F. The summed E-state index contributed by atoms with van der Waals surface area (Å²) in [6, 6.07) is 8.54. The quantitative estimate of drug-likeness (QED) is 0.699. The first-order valence-corrected chi connectivity index (χ1v) is 10.3. The summed E-state index contributed by atoms with van der Waals surface area (Å²) in [5, 5.41) is 0.373. The molecule has 0 heterocycles. The van der Waals surface area contributed by atoms with Crippen LogP contribution in [0.4, 0.5) is 4.39 Å². The number of rotatable bonds is 8. The van der Waals surface area contributed by atoms with Crippen LogP contribution in [-0.2, 0) is 21.4 Å². The van der Waals surface area contributed by atoms with E-state index in [2.05, 4.69) is 0 Å². The molecular weight excluding hydrogens is 407 g/mol. The van der Waals surface area contributed by atoms with E-state index in [4.69, 9.17) is 22.1 Å². The van der Waals surface area contributed by atoms with E-state index in [-0.39, 0.29) is 17.2 Å². The fraction of sp³-hybridized carbons (Fsp3) is 0.316. The maximum atomic E-state index is 14.1. The average Bonchev–Trinajstić information content (AvgIpc) is 2.61. The molecule has 0 aliphatic carbocycles. The van der Waals surface area contributed by atoms with Gasteiger partial charge in [0, 0.05) is 11.6 Å². The molecule has 2 N–H and O–H groups in total. The molecule has 1 amide bonds. The Hall–Kier alpha value is -2.16. The zero-order valence-electron chi connectivity index (χ0n) is 15.7. The van der Waals surface area contributed by atoms with Gasteiger partial charge in [-0.3, -0.25) is 4.79 Å². The first kappa shape index (κ1) is 22.1. The number of ether oxygens (including phenoxy) is 1. The van der Waals surface area contributed by atoms with Crippen molar-refractivity contribution in [1.82, 2.24) is 4.31 Å². The number of methoxy groups -OCH3 is 1. The van der Waals surface area contributed by atoms with Crippen LogP contribution in [0.2, 0.25) is 5.02 Å². The van der Waals surface area contributed by atoms with Crippen molar-refractivity contribution >= 4 is 27.5 Å². The van der Waals surface area contributed by atoms with Crippen LogP contribution in [0.25, 0.3) is 0 Å². The lowest BCUT2D eigenvalue weighted by Crippen LogP contribution is -2.50. The number of nitrogens with two attached hydrogens (primary N) is 1. The molecule has 2 aromatic carbocycles. The molecular formula is C19H22ClFN2O4S. The fourth-order valence-corrected chi connectivity index (χ4v) is 4.71. The number of sulfonamides is 1. The largest absolute Gasteiger partial charge is 0.494 e. The monoisotopic (exact) mass is 428 g/mol. The lowest BCUT2D eigenvalue weighted by atomic mass is 10.0. The third-order valence-electron chi connectivity index (χ3n) is 4.21. The molecule has 1 atom stereocenters. The van der Waals surface area contributed by atoms with Crippen molar-refractivity contribution in [3.8, 4) is 5.75 Å². The Bertz CT molecular complexity index is 949. The van der Waals surface area contributed by atoms with E-state index in [1.807, 2.05) is 0 Å². The highest BCUT2D eigenvalue weighted by Gasteiger charge is 2.37. The lowest BCUT2D eigenvalue weighted by molar-refractivity contribution is -0.123. The molecule has 9 heteroatoms. The number of carbonyl (C=O) groups excluding carboxylic acids is 1. The molecule has 0 fully saturated rings. The lowest BCUT2D eigenvalue weighted by Gasteiger charge is -2.31. The normalized spacial score (nSPS) is 13.0. The van der Waals surface area contributed by atoms with Gasteiger partial charge in [-0.25, -0.2) is 12.8 Å². The molecule has 0 aromatic heterocycles. The average molecular weight is 429 g/mol. The predicted molar refractivity (Wildman–Crippen MR) is 105 cm³/mol. The van der Waals surface area contributed by atoms with Crippen LogP contribution in [0.15, 0.2) is 47.4 Å².